The SMILES string of the molecule is CNC1CCCN(CCc2ccncc2)C1. The lowest BCUT2D eigenvalue weighted by molar-refractivity contribution is 0.197. The van der Waals surface area contributed by atoms with E-state index in [1.165, 1.54) is 38.0 Å². The lowest BCUT2D eigenvalue weighted by Gasteiger charge is -2.32. The largest absolute Gasteiger partial charge is 0.316 e. The van der Waals surface area contributed by atoms with Crippen molar-refractivity contribution < 1.29 is 0 Å². The monoisotopic (exact) mass is 219 g/mol. The molecule has 1 aromatic heterocycles. The molecular formula is C13H21N3. The molecule has 1 N–H and O–H groups in total. The second-order valence-corrected chi connectivity index (χ2v) is 4.53. The van der Waals surface area contributed by atoms with Crippen molar-refractivity contribution in [2.24, 2.45) is 0 Å². The van der Waals surface area contributed by atoms with Crippen molar-refractivity contribution in [1.82, 2.24) is 15.2 Å². The van der Waals surface area contributed by atoms with Crippen molar-refractivity contribution >= 4 is 0 Å². The van der Waals surface area contributed by atoms with Crippen molar-refractivity contribution in [3.8, 4) is 0 Å². The van der Waals surface area contributed by atoms with E-state index in [1.54, 1.807) is 0 Å². The molecule has 88 valence electrons. The lowest BCUT2D eigenvalue weighted by atomic mass is 10.1. The first-order valence-corrected chi connectivity index (χ1v) is 6.17. The van der Waals surface area contributed by atoms with Crippen LogP contribution in [0.4, 0.5) is 0 Å². The van der Waals surface area contributed by atoms with E-state index in [1.807, 2.05) is 12.4 Å². The van der Waals surface area contributed by atoms with Crippen LogP contribution in [0.2, 0.25) is 0 Å². The van der Waals surface area contributed by atoms with Gasteiger partial charge in [0, 0.05) is 31.5 Å². The van der Waals surface area contributed by atoms with Gasteiger partial charge in [0.05, 0.1) is 0 Å². The summed E-state index contributed by atoms with van der Waals surface area (Å²) in [5.41, 5.74) is 1.39. The van der Waals surface area contributed by atoms with Crippen molar-refractivity contribution in [3.63, 3.8) is 0 Å². The maximum atomic E-state index is 4.04. The van der Waals surface area contributed by atoms with Gasteiger partial charge in [-0.1, -0.05) is 0 Å². The van der Waals surface area contributed by atoms with Gasteiger partial charge in [-0.2, -0.15) is 0 Å². The Labute approximate surface area is 97.9 Å². The summed E-state index contributed by atoms with van der Waals surface area (Å²) in [6.45, 7) is 3.62. The molecule has 0 saturated carbocycles. The predicted octanol–water partition coefficient (Wildman–Crippen LogP) is 1.31. The average Bonchev–Trinajstić information content (AvgIpc) is 2.38. The molecule has 1 fully saturated rings. The summed E-state index contributed by atoms with van der Waals surface area (Å²) >= 11 is 0. The fourth-order valence-electron chi connectivity index (χ4n) is 2.33. The van der Waals surface area contributed by atoms with Gasteiger partial charge >= 0.3 is 0 Å². The third-order valence-electron chi connectivity index (χ3n) is 3.38. The molecule has 0 aliphatic carbocycles. The molecule has 3 heteroatoms. The molecule has 3 nitrogen and oxygen atoms in total. The molecule has 0 bridgehead atoms. The average molecular weight is 219 g/mol. The van der Waals surface area contributed by atoms with Crippen LogP contribution in [0.15, 0.2) is 24.5 Å². The molecule has 1 aliphatic heterocycles. The highest BCUT2D eigenvalue weighted by Gasteiger charge is 2.17. The van der Waals surface area contributed by atoms with E-state index >= 15 is 0 Å². The summed E-state index contributed by atoms with van der Waals surface area (Å²) in [5.74, 6) is 0. The van der Waals surface area contributed by atoms with Crippen LogP contribution >= 0.6 is 0 Å². The van der Waals surface area contributed by atoms with Gasteiger partial charge in [-0.15, -0.1) is 0 Å². The second-order valence-electron chi connectivity index (χ2n) is 4.53. The Kier molecular flexibility index (Phi) is 4.31. The quantitative estimate of drug-likeness (QED) is 0.827. The molecule has 0 aromatic carbocycles. The van der Waals surface area contributed by atoms with Gasteiger partial charge in [-0.3, -0.25) is 4.98 Å². The highest BCUT2D eigenvalue weighted by molar-refractivity contribution is 5.09. The number of piperidine rings is 1. The number of nitrogens with zero attached hydrogens (tertiary/aromatic N) is 2. The van der Waals surface area contributed by atoms with Gasteiger partial charge in [-0.05, 0) is 50.6 Å². The second kappa shape index (κ2) is 5.97. The van der Waals surface area contributed by atoms with E-state index in [2.05, 4.69) is 34.4 Å². The molecule has 2 rings (SSSR count). The van der Waals surface area contributed by atoms with Crippen molar-refractivity contribution in [3.05, 3.63) is 30.1 Å². The Morgan fingerprint density at radius 3 is 3.00 bits per heavy atom. The van der Waals surface area contributed by atoms with Gasteiger partial charge in [0.25, 0.3) is 0 Å². The van der Waals surface area contributed by atoms with Crippen LogP contribution in [0, 0.1) is 0 Å². The van der Waals surface area contributed by atoms with Crippen molar-refractivity contribution in [2.45, 2.75) is 25.3 Å². The summed E-state index contributed by atoms with van der Waals surface area (Å²) < 4.78 is 0. The van der Waals surface area contributed by atoms with Crippen LogP contribution in [-0.2, 0) is 6.42 Å². The van der Waals surface area contributed by atoms with E-state index in [9.17, 15) is 0 Å². The standard InChI is InChI=1S/C13H21N3/c1-14-13-3-2-9-16(11-13)10-6-12-4-7-15-8-5-12/h4-5,7-8,13-14H,2-3,6,9-11H2,1H3. The third-order valence-corrected chi connectivity index (χ3v) is 3.38. The Morgan fingerprint density at radius 1 is 1.44 bits per heavy atom. The van der Waals surface area contributed by atoms with E-state index in [4.69, 9.17) is 0 Å². The minimum absolute atomic E-state index is 0.686. The maximum Gasteiger partial charge on any atom is 0.0270 e. The zero-order valence-electron chi connectivity index (χ0n) is 10.0. The van der Waals surface area contributed by atoms with Gasteiger partial charge in [0.1, 0.15) is 0 Å². The molecule has 16 heavy (non-hydrogen) atoms. The number of likely N-dealkylation sites (tertiary alicyclic amines) is 1. The highest BCUT2D eigenvalue weighted by Crippen LogP contribution is 2.10. The normalized spacial score (nSPS) is 22.2. The Hall–Kier alpha value is -0.930. The first kappa shape index (κ1) is 11.6. The molecule has 1 unspecified atom stereocenters. The summed E-state index contributed by atoms with van der Waals surface area (Å²) in [6.07, 6.45) is 7.53. The fourth-order valence-corrected chi connectivity index (χ4v) is 2.33. The third kappa shape index (κ3) is 3.29. The number of nitrogens with one attached hydrogen (secondary N) is 1. The highest BCUT2D eigenvalue weighted by atomic mass is 15.2. The van der Waals surface area contributed by atoms with Crippen LogP contribution in [0.5, 0.6) is 0 Å². The summed E-state index contributed by atoms with van der Waals surface area (Å²) in [5, 5.41) is 3.38. The number of hydrogen-bond donors (Lipinski definition) is 1. The first-order chi connectivity index (χ1) is 7.88. The topological polar surface area (TPSA) is 28.2 Å². The number of rotatable bonds is 4. The minimum Gasteiger partial charge on any atom is -0.316 e. The number of likely N-dealkylation sites (N-methyl/N-ethyl adjacent to an activating group) is 1. The van der Waals surface area contributed by atoms with Crippen LogP contribution < -0.4 is 5.32 Å². The molecule has 1 atom stereocenters. The fraction of sp³-hybridized carbons (Fsp3) is 0.615. The van der Waals surface area contributed by atoms with E-state index in [-0.39, 0.29) is 0 Å². The van der Waals surface area contributed by atoms with Crippen LogP contribution in [0.25, 0.3) is 0 Å². The Balaban J connectivity index is 1.77. The Bertz CT molecular complexity index is 299. The van der Waals surface area contributed by atoms with Gasteiger partial charge in [-0.25, -0.2) is 0 Å². The molecule has 0 amide bonds. The van der Waals surface area contributed by atoms with Crippen molar-refractivity contribution in [1.29, 1.82) is 0 Å². The van der Waals surface area contributed by atoms with Gasteiger partial charge in [0.2, 0.25) is 0 Å². The molecule has 0 spiro atoms. The van der Waals surface area contributed by atoms with E-state index < -0.39 is 0 Å². The smallest absolute Gasteiger partial charge is 0.0270 e. The molecule has 1 aliphatic rings. The number of aromatic nitrogens is 1. The lowest BCUT2D eigenvalue weighted by Crippen LogP contribution is -2.44. The van der Waals surface area contributed by atoms with Gasteiger partial charge in [0.15, 0.2) is 0 Å². The van der Waals surface area contributed by atoms with Crippen LogP contribution in [-0.4, -0.2) is 42.6 Å². The van der Waals surface area contributed by atoms with Crippen molar-refractivity contribution in [2.75, 3.05) is 26.7 Å². The zero-order chi connectivity index (χ0) is 11.2. The predicted molar refractivity (Wildman–Crippen MR) is 66.5 cm³/mol. The molecular weight excluding hydrogens is 198 g/mol. The zero-order valence-corrected chi connectivity index (χ0v) is 10.0. The maximum absolute atomic E-state index is 4.04. The molecule has 1 aromatic rings. The number of hydrogen-bond acceptors (Lipinski definition) is 3. The van der Waals surface area contributed by atoms with E-state index in [0.717, 1.165) is 6.42 Å². The van der Waals surface area contributed by atoms with Crippen LogP contribution in [0.3, 0.4) is 0 Å². The summed E-state index contributed by atoms with van der Waals surface area (Å²) in [4.78, 5) is 6.60. The minimum atomic E-state index is 0.686. The Morgan fingerprint density at radius 2 is 2.25 bits per heavy atom. The molecule has 2 heterocycles. The first-order valence-electron chi connectivity index (χ1n) is 6.17. The number of pyridine rings is 1. The summed E-state index contributed by atoms with van der Waals surface area (Å²) in [6, 6.07) is 4.91. The summed E-state index contributed by atoms with van der Waals surface area (Å²) in [7, 11) is 2.07. The van der Waals surface area contributed by atoms with E-state index in [0.29, 0.717) is 6.04 Å². The molecule has 1 saturated heterocycles. The van der Waals surface area contributed by atoms with Crippen LogP contribution in [0.1, 0.15) is 18.4 Å². The molecule has 0 radical (unpaired) electrons. The van der Waals surface area contributed by atoms with Gasteiger partial charge < -0.3 is 10.2 Å².